The molecule has 0 aliphatic heterocycles. The molecule has 0 heterocycles. The van der Waals surface area contributed by atoms with Gasteiger partial charge in [-0.05, 0) is 37.6 Å². The van der Waals surface area contributed by atoms with Crippen molar-refractivity contribution >= 4 is 11.9 Å². The molecule has 0 unspecified atom stereocenters. The number of esters is 2. The molecule has 0 bridgehead atoms. The minimum atomic E-state index is -0.490. The lowest BCUT2D eigenvalue weighted by Gasteiger charge is -2.03. The maximum absolute atomic E-state index is 11.2. The summed E-state index contributed by atoms with van der Waals surface area (Å²) >= 11 is 0. The molecule has 2 rings (SSSR count). The molecule has 0 amide bonds. The number of carbonyl (C=O) groups excluding carboxylic acids is 2. The monoisotopic (exact) mass is 346 g/mol. The van der Waals surface area contributed by atoms with Crippen LogP contribution in [0.4, 0.5) is 0 Å². The Kier molecular flexibility index (Phi) is 8.57. The Morgan fingerprint density at radius 3 is 1.64 bits per heavy atom. The smallest absolute Gasteiger partial charge is 0.341 e. The molecule has 0 saturated carbocycles. The fraction of sp³-hybridized carbons (Fsp3) is 0.263. The van der Waals surface area contributed by atoms with Crippen LogP contribution < -0.4 is 0 Å². The van der Waals surface area contributed by atoms with Gasteiger partial charge in [0, 0.05) is 0 Å². The van der Waals surface area contributed by atoms with E-state index in [9.17, 15) is 19.8 Å². The number of aromatic hydroxyl groups is 2. The molecular formula is C19H22O6. The highest BCUT2D eigenvalue weighted by atomic mass is 16.5. The first-order chi connectivity index (χ1) is 12.0. The van der Waals surface area contributed by atoms with Crippen molar-refractivity contribution in [1.29, 1.82) is 0 Å². The number of hydrogen-bond donors (Lipinski definition) is 2. The normalized spacial score (nSPS) is 9.52. The van der Waals surface area contributed by atoms with Crippen LogP contribution in [-0.4, -0.2) is 35.4 Å². The second-order valence-corrected chi connectivity index (χ2v) is 4.89. The number of phenols is 2. The highest BCUT2D eigenvalue weighted by Gasteiger charge is 2.10. The molecule has 0 spiro atoms. The van der Waals surface area contributed by atoms with Crippen LogP contribution in [0.25, 0.3) is 0 Å². The Hall–Kier alpha value is -3.02. The Bertz CT molecular complexity index is 696. The first-order valence-corrected chi connectivity index (χ1v) is 7.91. The molecule has 0 radical (unpaired) electrons. The molecule has 134 valence electrons. The van der Waals surface area contributed by atoms with E-state index in [1.165, 1.54) is 24.3 Å². The summed E-state index contributed by atoms with van der Waals surface area (Å²) in [6, 6.07) is 12.6. The summed E-state index contributed by atoms with van der Waals surface area (Å²) in [6.45, 7) is 4.33. The summed E-state index contributed by atoms with van der Waals surface area (Å²) < 4.78 is 9.57. The number of ether oxygens (including phenoxy) is 2. The summed E-state index contributed by atoms with van der Waals surface area (Å²) in [4.78, 5) is 22.3. The van der Waals surface area contributed by atoms with Crippen LogP contribution in [0, 0.1) is 0 Å². The van der Waals surface area contributed by atoms with Gasteiger partial charge < -0.3 is 19.7 Å². The standard InChI is InChI=1S/C10H12O3.C9H10O3/c1-2-7-13-10(12)8-5-3-4-6-9(8)11;1-2-12-9(11)7-5-3-4-6-8(7)10/h3-6,11H,2,7H2,1H3;3-6,10H,2H2,1H3. The van der Waals surface area contributed by atoms with E-state index in [1.807, 2.05) is 6.92 Å². The van der Waals surface area contributed by atoms with Crippen LogP contribution in [0.5, 0.6) is 11.5 Å². The summed E-state index contributed by atoms with van der Waals surface area (Å²) in [7, 11) is 0. The van der Waals surface area contributed by atoms with E-state index in [2.05, 4.69) is 0 Å². The minimum Gasteiger partial charge on any atom is -0.507 e. The van der Waals surface area contributed by atoms with Gasteiger partial charge in [-0.25, -0.2) is 9.59 Å². The highest BCUT2D eigenvalue weighted by molar-refractivity contribution is 5.92. The summed E-state index contributed by atoms with van der Waals surface area (Å²) in [5, 5.41) is 18.5. The summed E-state index contributed by atoms with van der Waals surface area (Å²) in [5.41, 5.74) is 0.426. The number of hydrogen-bond acceptors (Lipinski definition) is 6. The van der Waals surface area contributed by atoms with Gasteiger partial charge in [-0.15, -0.1) is 0 Å². The van der Waals surface area contributed by atoms with Crippen LogP contribution in [-0.2, 0) is 9.47 Å². The van der Waals surface area contributed by atoms with E-state index in [4.69, 9.17) is 9.47 Å². The van der Waals surface area contributed by atoms with E-state index < -0.39 is 11.9 Å². The maximum atomic E-state index is 11.2. The lowest BCUT2D eigenvalue weighted by Crippen LogP contribution is -2.05. The van der Waals surface area contributed by atoms with Gasteiger partial charge in [0.15, 0.2) is 0 Å². The topological polar surface area (TPSA) is 93.1 Å². The third-order valence-electron chi connectivity index (χ3n) is 2.96. The van der Waals surface area contributed by atoms with Crippen LogP contribution in [0.15, 0.2) is 48.5 Å². The Balaban J connectivity index is 0.000000251. The van der Waals surface area contributed by atoms with Crippen molar-refractivity contribution in [2.75, 3.05) is 13.2 Å². The van der Waals surface area contributed by atoms with Crippen LogP contribution >= 0.6 is 0 Å². The van der Waals surface area contributed by atoms with Crippen molar-refractivity contribution < 1.29 is 29.3 Å². The van der Waals surface area contributed by atoms with Crippen molar-refractivity contribution in [1.82, 2.24) is 0 Å². The van der Waals surface area contributed by atoms with Crippen molar-refractivity contribution in [3.05, 3.63) is 59.7 Å². The molecule has 0 aliphatic carbocycles. The van der Waals surface area contributed by atoms with E-state index in [0.717, 1.165) is 6.42 Å². The predicted octanol–water partition coefficient (Wildman–Crippen LogP) is 3.53. The fourth-order valence-corrected chi connectivity index (χ4v) is 1.77. The average Bonchev–Trinajstić information content (AvgIpc) is 2.61. The minimum absolute atomic E-state index is 0.0383. The zero-order valence-electron chi connectivity index (χ0n) is 14.3. The molecule has 2 aromatic carbocycles. The van der Waals surface area contributed by atoms with E-state index >= 15 is 0 Å². The van der Waals surface area contributed by atoms with Gasteiger partial charge in [0.25, 0.3) is 0 Å². The molecule has 0 atom stereocenters. The number of rotatable bonds is 5. The molecule has 2 N–H and O–H groups in total. The third kappa shape index (κ3) is 6.55. The van der Waals surface area contributed by atoms with Gasteiger partial charge in [0.1, 0.15) is 22.6 Å². The summed E-state index contributed by atoms with van der Waals surface area (Å²) in [6.07, 6.45) is 0.777. The third-order valence-corrected chi connectivity index (χ3v) is 2.96. The van der Waals surface area contributed by atoms with E-state index in [1.54, 1.807) is 31.2 Å². The number of para-hydroxylation sites is 2. The van der Waals surface area contributed by atoms with Gasteiger partial charge >= 0.3 is 11.9 Å². The van der Waals surface area contributed by atoms with Crippen LogP contribution in [0.2, 0.25) is 0 Å². The molecule has 25 heavy (non-hydrogen) atoms. The molecule has 0 aliphatic rings. The fourth-order valence-electron chi connectivity index (χ4n) is 1.77. The Labute approximate surface area is 146 Å². The van der Waals surface area contributed by atoms with Crippen LogP contribution in [0.3, 0.4) is 0 Å². The van der Waals surface area contributed by atoms with Gasteiger partial charge in [0.2, 0.25) is 0 Å². The molecule has 0 fully saturated rings. The van der Waals surface area contributed by atoms with Crippen LogP contribution in [0.1, 0.15) is 41.0 Å². The summed E-state index contributed by atoms with van der Waals surface area (Å²) in [5.74, 6) is -1.05. The highest BCUT2D eigenvalue weighted by Crippen LogP contribution is 2.17. The van der Waals surface area contributed by atoms with Gasteiger partial charge in [-0.2, -0.15) is 0 Å². The number of benzene rings is 2. The number of carbonyl (C=O) groups is 2. The van der Waals surface area contributed by atoms with Crippen molar-refractivity contribution in [2.45, 2.75) is 20.3 Å². The lowest BCUT2D eigenvalue weighted by atomic mass is 10.2. The quantitative estimate of drug-likeness (QED) is 0.805. The van der Waals surface area contributed by atoms with E-state index in [0.29, 0.717) is 13.2 Å². The molecule has 6 nitrogen and oxygen atoms in total. The first-order valence-electron chi connectivity index (χ1n) is 7.91. The molecule has 6 heteroatoms. The second kappa shape index (κ2) is 10.7. The zero-order valence-corrected chi connectivity index (χ0v) is 14.3. The molecule has 0 aromatic heterocycles. The van der Waals surface area contributed by atoms with E-state index in [-0.39, 0.29) is 22.6 Å². The lowest BCUT2D eigenvalue weighted by molar-refractivity contribution is 0.0498. The Morgan fingerprint density at radius 1 is 0.800 bits per heavy atom. The predicted molar refractivity (Wildman–Crippen MR) is 92.7 cm³/mol. The number of phenolic OH excluding ortho intramolecular Hbond substituents is 2. The zero-order chi connectivity index (χ0) is 18.7. The molecule has 2 aromatic rings. The van der Waals surface area contributed by atoms with Gasteiger partial charge in [-0.1, -0.05) is 31.2 Å². The first kappa shape index (κ1) is 20.0. The maximum Gasteiger partial charge on any atom is 0.341 e. The average molecular weight is 346 g/mol. The Morgan fingerprint density at radius 2 is 1.24 bits per heavy atom. The van der Waals surface area contributed by atoms with Crippen molar-refractivity contribution in [2.24, 2.45) is 0 Å². The van der Waals surface area contributed by atoms with Crippen molar-refractivity contribution in [3.8, 4) is 11.5 Å². The van der Waals surface area contributed by atoms with Gasteiger partial charge in [0.05, 0.1) is 13.2 Å². The molecular weight excluding hydrogens is 324 g/mol. The van der Waals surface area contributed by atoms with Crippen molar-refractivity contribution in [3.63, 3.8) is 0 Å². The molecule has 0 saturated heterocycles. The van der Waals surface area contributed by atoms with Gasteiger partial charge in [-0.3, -0.25) is 0 Å². The SMILES string of the molecule is CCCOC(=O)c1ccccc1O.CCOC(=O)c1ccccc1O. The largest absolute Gasteiger partial charge is 0.507 e. The second-order valence-electron chi connectivity index (χ2n) is 4.89.